The number of benzene rings is 1. The van der Waals surface area contributed by atoms with Gasteiger partial charge in [0, 0.05) is 11.9 Å². The Morgan fingerprint density at radius 1 is 1.25 bits per heavy atom. The van der Waals surface area contributed by atoms with Gasteiger partial charge in [-0.25, -0.2) is 18.4 Å². The van der Waals surface area contributed by atoms with E-state index in [-0.39, 0.29) is 16.4 Å². The fraction of sp³-hybridized carbons (Fsp3) is 0.0909. The zero-order chi connectivity index (χ0) is 14.8. The molecule has 0 atom stereocenters. The second kappa shape index (κ2) is 5.21. The lowest BCUT2D eigenvalue weighted by molar-refractivity contribution is -0.384. The van der Waals surface area contributed by atoms with Gasteiger partial charge in [-0.05, 0) is 24.3 Å². The van der Waals surface area contributed by atoms with Crippen LogP contribution in [0.1, 0.15) is 0 Å². The van der Waals surface area contributed by atoms with Gasteiger partial charge in [-0.2, -0.15) is 0 Å². The molecule has 9 heteroatoms. The smallest absolute Gasteiger partial charge is 0.329 e. The standard InChI is InChI=1S/C11H10N4O4S/c1-20(18,19)9-4-2-8(3-5-9)14-11-10(15(16)17)6-12-7-13-11/h2-7H,1H3,(H,12,13,14). The maximum atomic E-state index is 11.3. The average Bonchev–Trinajstić information content (AvgIpc) is 2.38. The van der Waals surface area contributed by atoms with Crippen LogP contribution in [0.2, 0.25) is 0 Å². The van der Waals surface area contributed by atoms with E-state index in [0.29, 0.717) is 5.69 Å². The van der Waals surface area contributed by atoms with Crippen molar-refractivity contribution < 1.29 is 13.3 Å². The maximum absolute atomic E-state index is 11.3. The van der Waals surface area contributed by atoms with E-state index in [0.717, 1.165) is 12.5 Å². The highest BCUT2D eigenvalue weighted by atomic mass is 32.2. The van der Waals surface area contributed by atoms with Crippen molar-refractivity contribution in [1.82, 2.24) is 9.97 Å². The first kappa shape index (κ1) is 13.9. The summed E-state index contributed by atoms with van der Waals surface area (Å²) in [6.07, 6.45) is 3.37. The molecule has 20 heavy (non-hydrogen) atoms. The van der Waals surface area contributed by atoms with Crippen molar-refractivity contribution >= 4 is 27.0 Å². The molecule has 1 aromatic heterocycles. The van der Waals surface area contributed by atoms with Gasteiger partial charge in [0.1, 0.15) is 12.5 Å². The molecule has 1 heterocycles. The van der Waals surface area contributed by atoms with E-state index >= 15 is 0 Å². The van der Waals surface area contributed by atoms with Crippen LogP contribution >= 0.6 is 0 Å². The molecule has 0 saturated carbocycles. The summed E-state index contributed by atoms with van der Waals surface area (Å²) in [5.41, 5.74) is 0.221. The molecule has 0 unspecified atom stereocenters. The molecule has 0 saturated heterocycles. The predicted octanol–water partition coefficient (Wildman–Crippen LogP) is 1.53. The van der Waals surface area contributed by atoms with Gasteiger partial charge in [0.05, 0.1) is 9.82 Å². The molecule has 0 spiro atoms. The zero-order valence-corrected chi connectivity index (χ0v) is 11.2. The second-order valence-electron chi connectivity index (χ2n) is 3.94. The average molecular weight is 294 g/mol. The maximum Gasteiger partial charge on any atom is 0.329 e. The van der Waals surface area contributed by atoms with Gasteiger partial charge in [0.2, 0.25) is 5.82 Å². The number of aromatic nitrogens is 2. The Bertz CT molecular complexity index is 743. The fourth-order valence-corrected chi connectivity index (χ4v) is 2.10. The quantitative estimate of drug-likeness (QED) is 0.671. The van der Waals surface area contributed by atoms with Crippen molar-refractivity contribution in [2.45, 2.75) is 4.90 Å². The minimum Gasteiger partial charge on any atom is -0.334 e. The third kappa shape index (κ3) is 3.06. The van der Waals surface area contributed by atoms with Crippen molar-refractivity contribution in [3.05, 3.63) is 46.9 Å². The van der Waals surface area contributed by atoms with Gasteiger partial charge in [-0.1, -0.05) is 0 Å². The molecular formula is C11H10N4O4S. The SMILES string of the molecule is CS(=O)(=O)c1ccc(Nc2ncncc2[N+](=O)[O-])cc1. The van der Waals surface area contributed by atoms with E-state index in [1.54, 1.807) is 0 Å². The number of nitro groups is 1. The van der Waals surface area contributed by atoms with E-state index in [2.05, 4.69) is 15.3 Å². The van der Waals surface area contributed by atoms with Crippen LogP contribution in [0.15, 0.2) is 41.7 Å². The summed E-state index contributed by atoms with van der Waals surface area (Å²) in [7, 11) is -3.28. The van der Waals surface area contributed by atoms with E-state index in [4.69, 9.17) is 0 Å². The first-order chi connectivity index (χ1) is 9.38. The molecule has 1 aromatic carbocycles. The highest BCUT2D eigenvalue weighted by Gasteiger charge is 2.15. The topological polar surface area (TPSA) is 115 Å². The summed E-state index contributed by atoms with van der Waals surface area (Å²) in [5, 5.41) is 13.5. The fourth-order valence-electron chi connectivity index (χ4n) is 1.47. The van der Waals surface area contributed by atoms with Gasteiger partial charge in [-0.3, -0.25) is 10.1 Å². The first-order valence-electron chi connectivity index (χ1n) is 5.39. The molecule has 2 rings (SSSR count). The minimum atomic E-state index is -3.28. The highest BCUT2D eigenvalue weighted by molar-refractivity contribution is 7.90. The number of nitrogens with one attached hydrogen (secondary N) is 1. The zero-order valence-electron chi connectivity index (χ0n) is 10.3. The molecule has 0 aliphatic heterocycles. The number of anilines is 2. The summed E-state index contributed by atoms with van der Waals surface area (Å²) in [6.45, 7) is 0. The molecule has 8 nitrogen and oxygen atoms in total. The Kier molecular flexibility index (Phi) is 3.61. The lowest BCUT2D eigenvalue weighted by Crippen LogP contribution is -2.01. The second-order valence-corrected chi connectivity index (χ2v) is 5.95. The van der Waals surface area contributed by atoms with Crippen molar-refractivity contribution in [2.24, 2.45) is 0 Å². The van der Waals surface area contributed by atoms with Crippen LogP contribution in [0, 0.1) is 10.1 Å². The Labute approximate surface area is 114 Å². The van der Waals surface area contributed by atoms with Crippen LogP contribution in [-0.4, -0.2) is 29.6 Å². The van der Waals surface area contributed by atoms with Crippen LogP contribution in [-0.2, 0) is 9.84 Å². The molecule has 0 aliphatic carbocycles. The van der Waals surface area contributed by atoms with Gasteiger partial charge in [0.15, 0.2) is 9.84 Å². The van der Waals surface area contributed by atoms with Crippen molar-refractivity contribution in [1.29, 1.82) is 0 Å². The predicted molar refractivity (Wildman–Crippen MR) is 71.5 cm³/mol. The summed E-state index contributed by atoms with van der Waals surface area (Å²) in [5.74, 6) is 0.0390. The van der Waals surface area contributed by atoms with E-state index in [1.807, 2.05) is 0 Å². The third-order valence-electron chi connectivity index (χ3n) is 2.43. The van der Waals surface area contributed by atoms with Crippen LogP contribution in [0.4, 0.5) is 17.2 Å². The van der Waals surface area contributed by atoms with Crippen LogP contribution in [0.3, 0.4) is 0 Å². The van der Waals surface area contributed by atoms with Gasteiger partial charge >= 0.3 is 5.69 Å². The normalized spacial score (nSPS) is 11.1. The van der Waals surface area contributed by atoms with Crippen molar-refractivity contribution in [3.8, 4) is 0 Å². The number of sulfone groups is 1. The lowest BCUT2D eigenvalue weighted by Gasteiger charge is -2.06. The third-order valence-corrected chi connectivity index (χ3v) is 3.56. The summed E-state index contributed by atoms with van der Waals surface area (Å²) in [4.78, 5) is 17.7. The van der Waals surface area contributed by atoms with Crippen molar-refractivity contribution in [3.63, 3.8) is 0 Å². The lowest BCUT2D eigenvalue weighted by atomic mass is 10.3. The molecular weight excluding hydrogens is 284 g/mol. The summed E-state index contributed by atoms with van der Waals surface area (Å²) < 4.78 is 22.6. The molecule has 2 aromatic rings. The van der Waals surface area contributed by atoms with Crippen LogP contribution in [0.5, 0.6) is 0 Å². The van der Waals surface area contributed by atoms with Crippen molar-refractivity contribution in [2.75, 3.05) is 11.6 Å². The molecule has 104 valence electrons. The largest absolute Gasteiger partial charge is 0.334 e. The Balaban J connectivity index is 2.30. The molecule has 0 amide bonds. The number of hydrogen-bond donors (Lipinski definition) is 1. The van der Waals surface area contributed by atoms with Gasteiger partial charge in [0.25, 0.3) is 0 Å². The van der Waals surface area contributed by atoms with E-state index in [9.17, 15) is 18.5 Å². The Morgan fingerprint density at radius 2 is 1.90 bits per heavy atom. The van der Waals surface area contributed by atoms with Gasteiger partial charge in [-0.15, -0.1) is 0 Å². The Hall–Kier alpha value is -2.55. The molecule has 0 radical (unpaired) electrons. The van der Waals surface area contributed by atoms with E-state index < -0.39 is 14.8 Å². The summed E-state index contributed by atoms with van der Waals surface area (Å²) in [6, 6.07) is 5.82. The molecule has 0 bridgehead atoms. The first-order valence-corrected chi connectivity index (χ1v) is 7.28. The van der Waals surface area contributed by atoms with E-state index in [1.165, 1.54) is 30.6 Å². The molecule has 0 aliphatic rings. The monoisotopic (exact) mass is 294 g/mol. The molecule has 1 N–H and O–H groups in total. The van der Waals surface area contributed by atoms with Gasteiger partial charge < -0.3 is 5.32 Å². The van der Waals surface area contributed by atoms with Crippen LogP contribution in [0.25, 0.3) is 0 Å². The minimum absolute atomic E-state index is 0.0390. The number of nitrogens with zero attached hydrogens (tertiary/aromatic N) is 3. The number of rotatable bonds is 4. The Morgan fingerprint density at radius 3 is 2.45 bits per heavy atom. The summed E-state index contributed by atoms with van der Waals surface area (Å²) >= 11 is 0. The number of hydrogen-bond acceptors (Lipinski definition) is 7. The van der Waals surface area contributed by atoms with Crippen LogP contribution < -0.4 is 5.32 Å². The molecule has 0 fully saturated rings. The highest BCUT2D eigenvalue weighted by Crippen LogP contribution is 2.24.